The van der Waals surface area contributed by atoms with Crippen LogP contribution in [0.2, 0.25) is 0 Å². The molecule has 2 N–H and O–H groups in total. The van der Waals surface area contributed by atoms with E-state index < -0.39 is 4.92 Å². The van der Waals surface area contributed by atoms with E-state index in [-0.39, 0.29) is 23.4 Å². The van der Waals surface area contributed by atoms with E-state index in [1.807, 2.05) is 11.8 Å². The summed E-state index contributed by atoms with van der Waals surface area (Å²) in [5.74, 6) is 0.150. The number of ether oxygens (including phenoxy) is 1. The molecular weight excluding hydrogens is 226 g/mol. The molecule has 17 heavy (non-hydrogen) atoms. The van der Waals surface area contributed by atoms with E-state index in [0.29, 0.717) is 19.8 Å². The van der Waals surface area contributed by atoms with Crippen LogP contribution in [0.15, 0.2) is 6.33 Å². The molecule has 2 heterocycles. The first-order valence-electron chi connectivity index (χ1n) is 5.20. The number of rotatable bonds is 2. The van der Waals surface area contributed by atoms with Crippen molar-refractivity contribution in [1.82, 2.24) is 9.97 Å². The summed E-state index contributed by atoms with van der Waals surface area (Å²) >= 11 is 0. The van der Waals surface area contributed by atoms with Gasteiger partial charge in [-0.15, -0.1) is 0 Å². The number of hydrogen-bond donors (Lipinski definition) is 1. The van der Waals surface area contributed by atoms with Gasteiger partial charge in [0.25, 0.3) is 0 Å². The Balaban J connectivity index is 2.43. The molecule has 0 bridgehead atoms. The van der Waals surface area contributed by atoms with Crippen molar-refractivity contribution in [2.24, 2.45) is 0 Å². The van der Waals surface area contributed by atoms with Gasteiger partial charge in [0.15, 0.2) is 0 Å². The van der Waals surface area contributed by atoms with Crippen LogP contribution >= 0.6 is 0 Å². The van der Waals surface area contributed by atoms with E-state index in [0.717, 1.165) is 0 Å². The van der Waals surface area contributed by atoms with Gasteiger partial charge in [-0.3, -0.25) is 10.1 Å². The predicted molar refractivity (Wildman–Crippen MR) is 60.7 cm³/mol. The molecule has 0 aromatic carbocycles. The number of aromatic nitrogens is 2. The highest BCUT2D eigenvalue weighted by Crippen LogP contribution is 2.31. The van der Waals surface area contributed by atoms with E-state index in [2.05, 4.69) is 9.97 Å². The predicted octanol–water partition coefficient (Wildman–Crippen LogP) is 0.192. The number of nitrogen functional groups attached to an aromatic ring is 1. The molecule has 2 rings (SSSR count). The van der Waals surface area contributed by atoms with Crippen molar-refractivity contribution < 1.29 is 9.66 Å². The van der Waals surface area contributed by atoms with Gasteiger partial charge in [-0.05, 0) is 6.92 Å². The Morgan fingerprint density at radius 1 is 1.65 bits per heavy atom. The molecule has 92 valence electrons. The summed E-state index contributed by atoms with van der Waals surface area (Å²) in [6, 6.07) is 0.0248. The average molecular weight is 239 g/mol. The van der Waals surface area contributed by atoms with Gasteiger partial charge >= 0.3 is 5.69 Å². The molecule has 1 aliphatic rings. The Kier molecular flexibility index (Phi) is 3.05. The number of morpholine rings is 1. The third kappa shape index (κ3) is 2.11. The summed E-state index contributed by atoms with van der Waals surface area (Å²) in [7, 11) is 0. The summed E-state index contributed by atoms with van der Waals surface area (Å²) < 4.78 is 5.28. The molecule has 8 nitrogen and oxygen atoms in total. The Labute approximate surface area is 97.6 Å². The van der Waals surface area contributed by atoms with Gasteiger partial charge in [0.2, 0.25) is 11.6 Å². The summed E-state index contributed by atoms with van der Waals surface area (Å²) in [4.78, 5) is 19.9. The molecule has 1 aromatic rings. The maximum absolute atomic E-state index is 11.0. The minimum atomic E-state index is -0.549. The largest absolute Gasteiger partial charge is 0.378 e. The van der Waals surface area contributed by atoms with Crippen molar-refractivity contribution in [3.8, 4) is 0 Å². The SMILES string of the molecule is CC1COCCN1c1ncnc(N)c1[N+](=O)[O-]. The smallest absolute Gasteiger partial charge is 0.353 e. The summed E-state index contributed by atoms with van der Waals surface area (Å²) in [5.41, 5.74) is 5.29. The molecule has 0 saturated carbocycles. The van der Waals surface area contributed by atoms with Crippen molar-refractivity contribution in [1.29, 1.82) is 0 Å². The average Bonchev–Trinajstić information content (AvgIpc) is 2.28. The van der Waals surface area contributed by atoms with Crippen LogP contribution in [0.25, 0.3) is 0 Å². The zero-order valence-electron chi connectivity index (χ0n) is 9.37. The third-order valence-electron chi connectivity index (χ3n) is 2.65. The molecule has 1 fully saturated rings. The normalized spacial score (nSPS) is 20.3. The fourth-order valence-corrected chi connectivity index (χ4v) is 1.81. The molecule has 8 heteroatoms. The van der Waals surface area contributed by atoms with E-state index in [9.17, 15) is 10.1 Å². The second-order valence-electron chi connectivity index (χ2n) is 3.81. The second-order valence-corrected chi connectivity index (χ2v) is 3.81. The highest BCUT2D eigenvalue weighted by Gasteiger charge is 2.29. The Bertz CT molecular complexity index is 439. The number of nitro groups is 1. The Morgan fingerprint density at radius 2 is 2.41 bits per heavy atom. The topological polar surface area (TPSA) is 107 Å². The Morgan fingerprint density at radius 3 is 3.06 bits per heavy atom. The zero-order valence-corrected chi connectivity index (χ0v) is 9.37. The van der Waals surface area contributed by atoms with E-state index in [4.69, 9.17) is 10.5 Å². The fraction of sp³-hybridized carbons (Fsp3) is 0.556. The van der Waals surface area contributed by atoms with Gasteiger partial charge in [0.05, 0.1) is 24.2 Å². The van der Waals surface area contributed by atoms with Gasteiger partial charge in [-0.2, -0.15) is 0 Å². The maximum atomic E-state index is 11.0. The van der Waals surface area contributed by atoms with Crippen LogP contribution in [-0.4, -0.2) is 40.7 Å². The van der Waals surface area contributed by atoms with E-state index >= 15 is 0 Å². The van der Waals surface area contributed by atoms with Crippen molar-refractivity contribution in [2.45, 2.75) is 13.0 Å². The van der Waals surface area contributed by atoms with Crippen LogP contribution in [0.1, 0.15) is 6.92 Å². The lowest BCUT2D eigenvalue weighted by molar-refractivity contribution is -0.383. The fourth-order valence-electron chi connectivity index (χ4n) is 1.81. The number of nitrogens with two attached hydrogens (primary N) is 1. The van der Waals surface area contributed by atoms with Crippen LogP contribution in [0.5, 0.6) is 0 Å². The second kappa shape index (κ2) is 4.50. The van der Waals surface area contributed by atoms with Crippen molar-refractivity contribution in [3.63, 3.8) is 0 Å². The summed E-state index contributed by atoms with van der Waals surface area (Å²) in [5, 5.41) is 11.0. The van der Waals surface area contributed by atoms with Gasteiger partial charge in [0.1, 0.15) is 6.33 Å². The number of nitrogens with zero attached hydrogens (tertiary/aromatic N) is 4. The van der Waals surface area contributed by atoms with Crippen LogP contribution in [-0.2, 0) is 4.74 Å². The molecule has 1 saturated heterocycles. The first kappa shape index (κ1) is 11.5. The third-order valence-corrected chi connectivity index (χ3v) is 2.65. The highest BCUT2D eigenvalue weighted by molar-refractivity contribution is 5.68. The monoisotopic (exact) mass is 239 g/mol. The number of anilines is 2. The molecule has 0 amide bonds. The summed E-state index contributed by atoms with van der Waals surface area (Å²) in [6.07, 6.45) is 1.24. The zero-order chi connectivity index (χ0) is 12.4. The van der Waals surface area contributed by atoms with Crippen LogP contribution < -0.4 is 10.6 Å². The number of hydrogen-bond acceptors (Lipinski definition) is 7. The van der Waals surface area contributed by atoms with Gasteiger partial charge in [0, 0.05) is 6.54 Å². The first-order valence-corrected chi connectivity index (χ1v) is 5.20. The van der Waals surface area contributed by atoms with Crippen LogP contribution in [0.3, 0.4) is 0 Å². The highest BCUT2D eigenvalue weighted by atomic mass is 16.6. The Hall–Kier alpha value is -1.96. The lowest BCUT2D eigenvalue weighted by Crippen LogP contribution is -2.44. The molecule has 1 aliphatic heterocycles. The molecule has 0 aliphatic carbocycles. The van der Waals surface area contributed by atoms with Crippen LogP contribution in [0.4, 0.5) is 17.3 Å². The van der Waals surface area contributed by atoms with Crippen molar-refractivity contribution >= 4 is 17.3 Å². The molecule has 1 aromatic heterocycles. The van der Waals surface area contributed by atoms with Crippen molar-refractivity contribution in [3.05, 3.63) is 16.4 Å². The summed E-state index contributed by atoms with van der Waals surface area (Å²) in [6.45, 7) is 3.51. The molecule has 1 atom stereocenters. The van der Waals surface area contributed by atoms with E-state index in [1.54, 1.807) is 0 Å². The lowest BCUT2D eigenvalue weighted by atomic mass is 10.2. The standard InChI is InChI=1S/C9H13N5O3/c1-6-4-17-3-2-13(6)9-7(14(15)16)8(10)11-5-12-9/h5-6H,2-4H2,1H3,(H2,10,11,12). The van der Waals surface area contributed by atoms with Crippen molar-refractivity contribution in [2.75, 3.05) is 30.4 Å². The van der Waals surface area contributed by atoms with Crippen LogP contribution in [0, 0.1) is 10.1 Å². The molecule has 0 radical (unpaired) electrons. The molecular formula is C9H13N5O3. The maximum Gasteiger partial charge on any atom is 0.353 e. The lowest BCUT2D eigenvalue weighted by Gasteiger charge is -2.33. The minimum Gasteiger partial charge on any atom is -0.378 e. The molecule has 0 spiro atoms. The van der Waals surface area contributed by atoms with Gasteiger partial charge in [-0.25, -0.2) is 9.97 Å². The van der Waals surface area contributed by atoms with Gasteiger partial charge in [-0.1, -0.05) is 0 Å². The molecule has 1 unspecified atom stereocenters. The minimum absolute atomic E-state index is 0.0248. The van der Waals surface area contributed by atoms with Gasteiger partial charge < -0.3 is 15.4 Å². The van der Waals surface area contributed by atoms with E-state index in [1.165, 1.54) is 6.33 Å². The first-order chi connectivity index (χ1) is 8.11. The quantitative estimate of drug-likeness (QED) is 0.579.